The lowest BCUT2D eigenvalue weighted by Gasteiger charge is -2.40. The average molecular weight is 577 g/mol. The van der Waals surface area contributed by atoms with Gasteiger partial charge in [0.2, 0.25) is 5.91 Å². The summed E-state index contributed by atoms with van der Waals surface area (Å²) in [7, 11) is 0. The van der Waals surface area contributed by atoms with Gasteiger partial charge in [-0.1, -0.05) is 90.6 Å². The van der Waals surface area contributed by atoms with Crippen molar-refractivity contribution in [3.63, 3.8) is 0 Å². The smallest absolute Gasteiger partial charge is 0.265 e. The van der Waals surface area contributed by atoms with Crippen molar-refractivity contribution in [2.24, 2.45) is 0 Å². The lowest BCUT2D eigenvalue weighted by molar-refractivity contribution is -0.133. The minimum absolute atomic E-state index is 0.0895. The summed E-state index contributed by atoms with van der Waals surface area (Å²) in [5, 5.41) is 5.63. The number of aryl methyl sites for hydroxylation is 1. The first-order valence-corrected chi connectivity index (χ1v) is 15.4. The predicted octanol–water partition coefficient (Wildman–Crippen LogP) is 4.86. The number of carbonyl (C=O) groups is 1. The summed E-state index contributed by atoms with van der Waals surface area (Å²) in [6.45, 7) is 4.92. The Hall–Kier alpha value is -4.21. The first-order chi connectivity index (χ1) is 20.6. The summed E-state index contributed by atoms with van der Waals surface area (Å²) in [6, 6.07) is 29.0. The SMILES string of the molecule is Cc1ccccc1-n1ncc2c(=O)n3c(nc21)SCC3CC(=O)N1CCN(C(c2ccccc2)c2ccccc2)CC1. The van der Waals surface area contributed by atoms with Crippen molar-refractivity contribution in [1.82, 2.24) is 29.1 Å². The quantitative estimate of drug-likeness (QED) is 0.269. The number of hydrogen-bond donors (Lipinski definition) is 0. The fraction of sp³-hybridized carbons (Fsp3) is 0.273. The monoisotopic (exact) mass is 576 g/mol. The minimum atomic E-state index is -0.219. The average Bonchev–Trinajstić information content (AvgIpc) is 3.64. The molecule has 1 amide bonds. The fourth-order valence-corrected chi connectivity index (χ4v) is 7.33. The molecule has 2 aromatic heterocycles. The van der Waals surface area contributed by atoms with Crippen LogP contribution in [0, 0.1) is 6.92 Å². The summed E-state index contributed by atoms with van der Waals surface area (Å²) in [4.78, 5) is 36.4. The second-order valence-corrected chi connectivity index (χ2v) is 11.9. The van der Waals surface area contributed by atoms with Crippen LogP contribution in [-0.4, -0.2) is 67.0 Å². The molecule has 5 aromatic rings. The second kappa shape index (κ2) is 11.2. The van der Waals surface area contributed by atoms with Gasteiger partial charge in [-0.2, -0.15) is 5.10 Å². The van der Waals surface area contributed by atoms with Gasteiger partial charge in [-0.15, -0.1) is 0 Å². The molecule has 1 unspecified atom stereocenters. The number of fused-ring (bicyclic) bond motifs is 2. The van der Waals surface area contributed by atoms with E-state index in [-0.39, 0.29) is 23.6 Å². The number of amides is 1. The molecule has 9 heteroatoms. The van der Waals surface area contributed by atoms with Crippen molar-refractivity contribution >= 4 is 28.7 Å². The second-order valence-electron chi connectivity index (χ2n) is 11.0. The molecule has 0 N–H and O–H groups in total. The summed E-state index contributed by atoms with van der Waals surface area (Å²) < 4.78 is 3.45. The van der Waals surface area contributed by atoms with Gasteiger partial charge in [-0.3, -0.25) is 19.1 Å². The highest BCUT2D eigenvalue weighted by Gasteiger charge is 2.33. The third-order valence-corrected chi connectivity index (χ3v) is 9.48. The number of piperazine rings is 1. The van der Waals surface area contributed by atoms with Crippen LogP contribution in [0.4, 0.5) is 0 Å². The van der Waals surface area contributed by atoms with Crippen LogP contribution in [0.15, 0.2) is 101 Å². The van der Waals surface area contributed by atoms with Crippen molar-refractivity contribution in [1.29, 1.82) is 0 Å². The maximum Gasteiger partial charge on any atom is 0.265 e. The molecular weight excluding hydrogens is 544 g/mol. The zero-order valence-electron chi connectivity index (χ0n) is 23.5. The van der Waals surface area contributed by atoms with Crippen molar-refractivity contribution in [3.8, 4) is 5.69 Å². The normalized spacial score (nSPS) is 17.2. The molecule has 7 rings (SSSR count). The van der Waals surface area contributed by atoms with Crippen LogP contribution < -0.4 is 5.56 Å². The number of nitrogens with zero attached hydrogens (tertiary/aromatic N) is 6. The largest absolute Gasteiger partial charge is 0.340 e. The number of thioether (sulfide) groups is 1. The van der Waals surface area contributed by atoms with E-state index in [9.17, 15) is 9.59 Å². The van der Waals surface area contributed by atoms with E-state index in [1.165, 1.54) is 22.9 Å². The zero-order valence-corrected chi connectivity index (χ0v) is 24.3. The van der Waals surface area contributed by atoms with Crippen LogP contribution in [0.3, 0.4) is 0 Å². The highest BCUT2D eigenvalue weighted by Crippen LogP contribution is 2.35. The molecule has 3 aromatic carbocycles. The van der Waals surface area contributed by atoms with E-state index < -0.39 is 0 Å². The van der Waals surface area contributed by atoms with Gasteiger partial charge in [-0.25, -0.2) is 9.67 Å². The van der Waals surface area contributed by atoms with E-state index in [1.54, 1.807) is 15.4 Å². The number of para-hydroxylation sites is 1. The van der Waals surface area contributed by atoms with Crippen molar-refractivity contribution in [2.75, 3.05) is 31.9 Å². The summed E-state index contributed by atoms with van der Waals surface area (Å²) in [5.74, 6) is 0.745. The molecule has 1 atom stereocenters. The summed E-state index contributed by atoms with van der Waals surface area (Å²) in [5.41, 5.74) is 4.90. The molecule has 0 saturated carbocycles. The Kier molecular flexibility index (Phi) is 7.13. The van der Waals surface area contributed by atoms with Gasteiger partial charge in [0.1, 0.15) is 5.39 Å². The van der Waals surface area contributed by atoms with E-state index in [0.717, 1.165) is 24.3 Å². The number of aromatic nitrogens is 4. The van der Waals surface area contributed by atoms with E-state index in [4.69, 9.17) is 4.98 Å². The Bertz CT molecular complexity index is 1750. The Labute approximate surface area is 248 Å². The van der Waals surface area contributed by atoms with Crippen LogP contribution in [0.1, 0.15) is 35.2 Å². The highest BCUT2D eigenvalue weighted by molar-refractivity contribution is 7.99. The van der Waals surface area contributed by atoms with Crippen molar-refractivity contribution in [2.45, 2.75) is 30.6 Å². The van der Waals surface area contributed by atoms with Crippen LogP contribution in [-0.2, 0) is 4.79 Å². The number of hydrogen-bond acceptors (Lipinski definition) is 6. The van der Waals surface area contributed by atoms with Gasteiger partial charge in [0.15, 0.2) is 10.8 Å². The maximum absolute atomic E-state index is 13.6. The van der Waals surface area contributed by atoms with E-state index in [2.05, 4.69) is 58.5 Å². The summed E-state index contributed by atoms with van der Waals surface area (Å²) >= 11 is 1.54. The van der Waals surface area contributed by atoms with E-state index >= 15 is 0 Å². The van der Waals surface area contributed by atoms with Gasteiger partial charge < -0.3 is 4.90 Å². The van der Waals surface area contributed by atoms with Crippen LogP contribution in [0.25, 0.3) is 16.7 Å². The van der Waals surface area contributed by atoms with Gasteiger partial charge in [0, 0.05) is 38.4 Å². The first-order valence-electron chi connectivity index (χ1n) is 14.4. The molecule has 0 bridgehead atoms. The van der Waals surface area contributed by atoms with E-state index in [0.29, 0.717) is 41.5 Å². The predicted molar refractivity (Wildman–Crippen MR) is 165 cm³/mol. The molecule has 42 heavy (non-hydrogen) atoms. The number of carbonyl (C=O) groups excluding carboxylic acids is 1. The molecule has 8 nitrogen and oxygen atoms in total. The van der Waals surface area contributed by atoms with Crippen molar-refractivity contribution < 1.29 is 4.79 Å². The van der Waals surface area contributed by atoms with Crippen LogP contribution >= 0.6 is 11.8 Å². The third kappa shape index (κ3) is 4.82. The van der Waals surface area contributed by atoms with Crippen LogP contribution in [0.2, 0.25) is 0 Å². The molecule has 1 saturated heterocycles. The molecule has 0 spiro atoms. The minimum Gasteiger partial charge on any atom is -0.340 e. The molecule has 2 aliphatic rings. The molecule has 0 radical (unpaired) electrons. The van der Waals surface area contributed by atoms with Crippen LogP contribution in [0.5, 0.6) is 0 Å². The first kappa shape index (κ1) is 26.7. The summed E-state index contributed by atoms with van der Waals surface area (Å²) in [6.07, 6.45) is 1.89. The van der Waals surface area contributed by atoms with Gasteiger partial charge in [0.05, 0.1) is 24.0 Å². The number of rotatable bonds is 6. The lowest BCUT2D eigenvalue weighted by atomic mass is 9.96. The van der Waals surface area contributed by atoms with Gasteiger partial charge >= 0.3 is 0 Å². The molecular formula is C33H32N6O2S. The Morgan fingerprint density at radius 3 is 2.21 bits per heavy atom. The Balaban J connectivity index is 1.07. The standard InChI is InChI=1S/C33H32N6O2S/c1-23-10-8-9-15-28(23)39-31-27(21-34-39)32(41)38-26(22-42-33(38)35-31)20-29(40)36-16-18-37(19-17-36)30(24-11-4-2-5-12-24)25-13-6-3-7-14-25/h2-15,21,26,30H,16-20,22H2,1H3. The van der Waals surface area contributed by atoms with Crippen molar-refractivity contribution in [3.05, 3.63) is 118 Å². The fourth-order valence-electron chi connectivity index (χ4n) is 6.20. The third-order valence-electron chi connectivity index (χ3n) is 8.39. The number of benzene rings is 3. The molecule has 212 valence electrons. The topological polar surface area (TPSA) is 76.3 Å². The Morgan fingerprint density at radius 1 is 0.905 bits per heavy atom. The van der Waals surface area contributed by atoms with E-state index in [1.807, 2.05) is 48.2 Å². The lowest BCUT2D eigenvalue weighted by Crippen LogP contribution is -2.50. The maximum atomic E-state index is 13.6. The van der Waals surface area contributed by atoms with Gasteiger partial charge in [0.25, 0.3) is 5.56 Å². The molecule has 2 aliphatic heterocycles. The zero-order chi connectivity index (χ0) is 28.6. The molecule has 4 heterocycles. The Morgan fingerprint density at radius 2 is 1.55 bits per heavy atom. The molecule has 0 aliphatic carbocycles. The van der Waals surface area contributed by atoms with Gasteiger partial charge in [-0.05, 0) is 29.7 Å². The molecule has 1 fully saturated rings. The highest BCUT2D eigenvalue weighted by atomic mass is 32.2.